The van der Waals surface area contributed by atoms with Gasteiger partial charge in [0, 0.05) is 23.5 Å². The van der Waals surface area contributed by atoms with Crippen molar-refractivity contribution < 1.29 is 9.18 Å². The van der Waals surface area contributed by atoms with E-state index in [9.17, 15) is 9.18 Å². The normalized spacial score (nSPS) is 12.7. The third kappa shape index (κ3) is 3.14. The van der Waals surface area contributed by atoms with Crippen LogP contribution in [0.4, 0.5) is 4.39 Å². The molecule has 1 amide bonds. The molecule has 0 aliphatic heterocycles. The number of amides is 1. The molecule has 2 rings (SSSR count). The summed E-state index contributed by atoms with van der Waals surface area (Å²) in [4.78, 5) is 14.3. The molecule has 0 aliphatic rings. The number of hydrogen-bond donors (Lipinski definition) is 1. The fourth-order valence-corrected chi connectivity index (χ4v) is 2.36. The van der Waals surface area contributed by atoms with Crippen LogP contribution < -0.4 is 5.32 Å². The maximum absolute atomic E-state index is 13.7. The van der Waals surface area contributed by atoms with Crippen LogP contribution in [0.15, 0.2) is 36.4 Å². The highest BCUT2D eigenvalue weighted by atomic mass is 19.1. The second-order valence-corrected chi connectivity index (χ2v) is 5.28. The quantitative estimate of drug-likeness (QED) is 0.929. The predicted molar refractivity (Wildman–Crippen MR) is 79.4 cm³/mol. The number of fused-ring (bicyclic) bond motifs is 1. The zero-order valence-electron chi connectivity index (χ0n) is 12.0. The van der Waals surface area contributed by atoms with Crippen molar-refractivity contribution >= 4 is 16.7 Å². The molecule has 2 aromatic carbocycles. The minimum absolute atomic E-state index is 0.0290. The van der Waals surface area contributed by atoms with Gasteiger partial charge in [-0.05, 0) is 38.5 Å². The summed E-state index contributed by atoms with van der Waals surface area (Å²) >= 11 is 0. The number of benzene rings is 2. The van der Waals surface area contributed by atoms with Gasteiger partial charge in [-0.1, -0.05) is 24.3 Å². The molecule has 1 N–H and O–H groups in total. The number of rotatable bonds is 4. The van der Waals surface area contributed by atoms with Crippen molar-refractivity contribution in [3.63, 3.8) is 0 Å². The Morgan fingerprint density at radius 3 is 2.50 bits per heavy atom. The molecular formula is C16H19FN2O. The summed E-state index contributed by atoms with van der Waals surface area (Å²) in [7, 11) is 3.91. The zero-order chi connectivity index (χ0) is 14.7. The van der Waals surface area contributed by atoms with Crippen LogP contribution in [-0.4, -0.2) is 37.5 Å². The van der Waals surface area contributed by atoms with Crippen LogP contribution in [0.1, 0.15) is 17.3 Å². The first-order valence-corrected chi connectivity index (χ1v) is 6.62. The zero-order valence-corrected chi connectivity index (χ0v) is 12.0. The number of likely N-dealkylation sites (N-methyl/N-ethyl adjacent to an activating group) is 1. The molecule has 0 saturated carbocycles. The molecule has 4 heteroatoms. The number of carbonyl (C=O) groups excluding carboxylic acids is 1. The minimum atomic E-state index is -0.307. The maximum atomic E-state index is 13.7. The number of nitrogens with zero attached hydrogens (tertiary/aromatic N) is 1. The van der Waals surface area contributed by atoms with Gasteiger partial charge in [-0.2, -0.15) is 0 Å². The number of nitrogens with one attached hydrogen (secondary N) is 1. The van der Waals surface area contributed by atoms with Crippen molar-refractivity contribution in [2.75, 3.05) is 20.6 Å². The van der Waals surface area contributed by atoms with Gasteiger partial charge in [0.2, 0.25) is 0 Å². The van der Waals surface area contributed by atoms with Gasteiger partial charge in [0.05, 0.1) is 0 Å². The van der Waals surface area contributed by atoms with E-state index in [1.807, 2.05) is 32.0 Å². The first-order valence-electron chi connectivity index (χ1n) is 6.62. The Bertz CT molecular complexity index is 625. The summed E-state index contributed by atoms with van der Waals surface area (Å²) in [5, 5.41) is 4.05. The lowest BCUT2D eigenvalue weighted by atomic mass is 10.0. The van der Waals surface area contributed by atoms with E-state index in [1.54, 1.807) is 18.2 Å². The lowest BCUT2D eigenvalue weighted by molar-refractivity contribution is 0.0936. The van der Waals surface area contributed by atoms with Crippen LogP contribution in [0, 0.1) is 5.82 Å². The van der Waals surface area contributed by atoms with Crippen LogP contribution in [-0.2, 0) is 0 Å². The molecule has 0 heterocycles. The first-order chi connectivity index (χ1) is 9.49. The van der Waals surface area contributed by atoms with Crippen LogP contribution in [0.3, 0.4) is 0 Å². The Hall–Kier alpha value is -1.94. The van der Waals surface area contributed by atoms with Crippen molar-refractivity contribution in [1.29, 1.82) is 0 Å². The van der Waals surface area contributed by atoms with E-state index in [1.165, 1.54) is 12.1 Å². The summed E-state index contributed by atoms with van der Waals surface area (Å²) in [5.74, 6) is -0.478. The Morgan fingerprint density at radius 2 is 1.85 bits per heavy atom. The summed E-state index contributed by atoms with van der Waals surface area (Å²) in [5.41, 5.74) is 0.507. The molecule has 0 aliphatic carbocycles. The lowest BCUT2D eigenvalue weighted by Gasteiger charge is -2.18. The molecule has 0 aromatic heterocycles. The average molecular weight is 274 g/mol. The van der Waals surface area contributed by atoms with Gasteiger partial charge in [0.25, 0.3) is 5.91 Å². The van der Waals surface area contributed by atoms with Crippen LogP contribution in [0.25, 0.3) is 10.8 Å². The van der Waals surface area contributed by atoms with Gasteiger partial charge < -0.3 is 10.2 Å². The van der Waals surface area contributed by atoms with Crippen molar-refractivity contribution in [1.82, 2.24) is 10.2 Å². The van der Waals surface area contributed by atoms with E-state index in [0.717, 1.165) is 6.54 Å². The second kappa shape index (κ2) is 6.01. The lowest BCUT2D eigenvalue weighted by Crippen LogP contribution is -2.39. The molecular weight excluding hydrogens is 255 g/mol. The van der Waals surface area contributed by atoms with E-state index < -0.39 is 0 Å². The molecule has 0 saturated heterocycles. The van der Waals surface area contributed by atoms with Crippen LogP contribution >= 0.6 is 0 Å². The molecule has 0 radical (unpaired) electrons. The van der Waals surface area contributed by atoms with Crippen molar-refractivity contribution in [2.24, 2.45) is 0 Å². The van der Waals surface area contributed by atoms with Gasteiger partial charge >= 0.3 is 0 Å². The highest BCUT2D eigenvalue weighted by Crippen LogP contribution is 2.21. The van der Waals surface area contributed by atoms with E-state index in [4.69, 9.17) is 0 Å². The first kappa shape index (κ1) is 14.5. The molecule has 0 fully saturated rings. The maximum Gasteiger partial charge on any atom is 0.252 e. The monoisotopic (exact) mass is 274 g/mol. The van der Waals surface area contributed by atoms with E-state index in [0.29, 0.717) is 16.3 Å². The third-order valence-corrected chi connectivity index (χ3v) is 3.13. The van der Waals surface area contributed by atoms with Gasteiger partial charge in [0.1, 0.15) is 5.82 Å². The molecule has 0 spiro atoms. The van der Waals surface area contributed by atoms with Crippen LogP contribution in [0.2, 0.25) is 0 Å². The summed E-state index contributed by atoms with van der Waals surface area (Å²) in [6.07, 6.45) is 0. The Kier molecular flexibility index (Phi) is 4.35. The van der Waals surface area contributed by atoms with Crippen LogP contribution in [0.5, 0.6) is 0 Å². The fraction of sp³-hybridized carbons (Fsp3) is 0.312. The topological polar surface area (TPSA) is 32.3 Å². The van der Waals surface area contributed by atoms with E-state index in [2.05, 4.69) is 5.32 Å². The fourth-order valence-electron chi connectivity index (χ4n) is 2.36. The number of halogens is 1. The van der Waals surface area contributed by atoms with Crippen molar-refractivity contribution in [2.45, 2.75) is 13.0 Å². The second-order valence-electron chi connectivity index (χ2n) is 5.28. The molecule has 20 heavy (non-hydrogen) atoms. The summed E-state index contributed by atoms with van der Waals surface area (Å²) in [6, 6.07) is 9.93. The molecule has 106 valence electrons. The predicted octanol–water partition coefficient (Wildman–Crippen LogP) is 2.66. The Morgan fingerprint density at radius 1 is 1.20 bits per heavy atom. The molecule has 1 unspecified atom stereocenters. The summed E-state index contributed by atoms with van der Waals surface area (Å²) in [6.45, 7) is 2.70. The van der Waals surface area contributed by atoms with Gasteiger partial charge in [-0.15, -0.1) is 0 Å². The number of hydrogen-bond acceptors (Lipinski definition) is 2. The van der Waals surface area contributed by atoms with E-state index in [-0.39, 0.29) is 17.8 Å². The highest BCUT2D eigenvalue weighted by molar-refractivity contribution is 6.07. The Balaban J connectivity index is 2.29. The third-order valence-electron chi connectivity index (χ3n) is 3.13. The van der Waals surface area contributed by atoms with Crippen molar-refractivity contribution in [3.8, 4) is 0 Å². The standard InChI is InChI=1S/C16H19FN2O/c1-11(10-19(2)3)18-16(20)14-8-9-15(17)13-7-5-4-6-12(13)14/h4-9,11H,10H2,1-3H3,(H,18,20). The SMILES string of the molecule is CC(CN(C)C)NC(=O)c1ccc(F)c2ccccc12. The van der Waals surface area contributed by atoms with Gasteiger partial charge in [-0.25, -0.2) is 4.39 Å². The number of carbonyl (C=O) groups is 1. The molecule has 1 atom stereocenters. The van der Waals surface area contributed by atoms with Crippen molar-refractivity contribution in [3.05, 3.63) is 47.8 Å². The van der Waals surface area contributed by atoms with Gasteiger partial charge in [0.15, 0.2) is 0 Å². The molecule has 2 aromatic rings. The largest absolute Gasteiger partial charge is 0.348 e. The average Bonchev–Trinajstić information content (AvgIpc) is 2.38. The van der Waals surface area contributed by atoms with Gasteiger partial charge in [-0.3, -0.25) is 4.79 Å². The highest BCUT2D eigenvalue weighted by Gasteiger charge is 2.14. The smallest absolute Gasteiger partial charge is 0.252 e. The molecule has 0 bridgehead atoms. The Labute approximate surface area is 118 Å². The van der Waals surface area contributed by atoms with E-state index >= 15 is 0 Å². The molecule has 3 nitrogen and oxygen atoms in total. The minimum Gasteiger partial charge on any atom is -0.348 e. The summed E-state index contributed by atoms with van der Waals surface area (Å²) < 4.78 is 13.7.